The molecule has 0 aromatic heterocycles. The maximum Gasteiger partial charge on any atom is 0.146 e. The van der Waals surface area contributed by atoms with Crippen molar-refractivity contribution in [3.63, 3.8) is 0 Å². The molecule has 1 atom stereocenters. The Balaban J connectivity index is 2.66. The van der Waals surface area contributed by atoms with Gasteiger partial charge in [-0.15, -0.1) is 0 Å². The van der Waals surface area contributed by atoms with Crippen molar-refractivity contribution in [3.05, 3.63) is 23.4 Å². The van der Waals surface area contributed by atoms with Crippen LogP contribution in [0.25, 0.3) is 0 Å². The molecule has 1 rings (SSSR count). The first-order valence-electron chi connectivity index (χ1n) is 3.38. The fourth-order valence-electron chi connectivity index (χ4n) is 0.864. The first-order valence-corrected chi connectivity index (χ1v) is 3.38. The summed E-state index contributed by atoms with van der Waals surface area (Å²) in [7, 11) is 1.69. The normalized spacial score (nSPS) is 24.9. The molecule has 2 nitrogen and oxygen atoms in total. The van der Waals surface area contributed by atoms with Gasteiger partial charge in [-0.05, 0) is 31.1 Å². The van der Waals surface area contributed by atoms with E-state index >= 15 is 0 Å². The molecule has 0 saturated carbocycles. The lowest BCUT2D eigenvalue weighted by molar-refractivity contribution is 0.122. The number of ether oxygens (including phenoxy) is 1. The van der Waals surface area contributed by atoms with Crippen molar-refractivity contribution in [1.82, 2.24) is 5.32 Å². The van der Waals surface area contributed by atoms with Gasteiger partial charge in [0.15, 0.2) is 0 Å². The third-order valence-corrected chi connectivity index (χ3v) is 1.74. The van der Waals surface area contributed by atoms with Crippen molar-refractivity contribution in [1.29, 1.82) is 0 Å². The topological polar surface area (TPSA) is 21.3 Å². The van der Waals surface area contributed by atoms with Crippen LogP contribution < -0.4 is 5.32 Å². The molecule has 0 saturated heterocycles. The van der Waals surface area contributed by atoms with E-state index in [1.165, 1.54) is 11.1 Å². The molecule has 1 unspecified atom stereocenters. The molecule has 0 aromatic rings. The van der Waals surface area contributed by atoms with Crippen LogP contribution >= 0.6 is 0 Å². The van der Waals surface area contributed by atoms with E-state index in [9.17, 15) is 0 Å². The van der Waals surface area contributed by atoms with E-state index in [-0.39, 0.29) is 6.23 Å². The van der Waals surface area contributed by atoms with Gasteiger partial charge in [-0.2, -0.15) is 0 Å². The van der Waals surface area contributed by atoms with E-state index < -0.39 is 0 Å². The molecule has 0 amide bonds. The summed E-state index contributed by atoms with van der Waals surface area (Å²) in [5.41, 5.74) is 2.55. The molecular formula is C8H13NO. The van der Waals surface area contributed by atoms with Crippen LogP contribution in [0.2, 0.25) is 0 Å². The third-order valence-electron chi connectivity index (χ3n) is 1.74. The molecule has 1 aliphatic rings. The van der Waals surface area contributed by atoms with Gasteiger partial charge >= 0.3 is 0 Å². The Bertz CT molecular complexity index is 182. The zero-order chi connectivity index (χ0) is 7.56. The monoisotopic (exact) mass is 139 g/mol. The molecule has 0 spiro atoms. The molecule has 2 heteroatoms. The van der Waals surface area contributed by atoms with E-state index in [0.717, 1.165) is 0 Å². The number of dihydropyridines is 1. The van der Waals surface area contributed by atoms with Gasteiger partial charge in [-0.3, -0.25) is 0 Å². The fourth-order valence-corrected chi connectivity index (χ4v) is 0.864. The molecular weight excluding hydrogens is 126 g/mol. The van der Waals surface area contributed by atoms with Gasteiger partial charge in [0, 0.05) is 13.3 Å². The van der Waals surface area contributed by atoms with Crippen LogP contribution in [0.1, 0.15) is 13.8 Å². The third kappa shape index (κ3) is 1.39. The minimum absolute atomic E-state index is 0.0590. The summed E-state index contributed by atoms with van der Waals surface area (Å²) in [5, 5.41) is 3.09. The first-order chi connectivity index (χ1) is 4.74. The smallest absolute Gasteiger partial charge is 0.146 e. The molecule has 1 aliphatic heterocycles. The second-order valence-electron chi connectivity index (χ2n) is 2.50. The standard InChI is InChI=1S/C8H13NO/c1-6-4-8(10-3)9-5-7(6)2/h4-5,8-9H,1-3H3. The predicted octanol–water partition coefficient (Wildman–Crippen LogP) is 1.41. The molecule has 1 heterocycles. The van der Waals surface area contributed by atoms with Crippen LogP contribution in [-0.4, -0.2) is 13.3 Å². The molecule has 0 aromatic carbocycles. The number of hydrogen-bond acceptors (Lipinski definition) is 2. The molecule has 0 bridgehead atoms. The Morgan fingerprint density at radius 1 is 1.40 bits per heavy atom. The second kappa shape index (κ2) is 2.88. The molecule has 56 valence electrons. The predicted molar refractivity (Wildman–Crippen MR) is 41.4 cm³/mol. The zero-order valence-corrected chi connectivity index (χ0v) is 6.64. The Hall–Kier alpha value is -0.760. The number of rotatable bonds is 1. The van der Waals surface area contributed by atoms with E-state index in [4.69, 9.17) is 4.74 Å². The highest BCUT2D eigenvalue weighted by molar-refractivity contribution is 5.30. The summed E-state index contributed by atoms with van der Waals surface area (Å²) < 4.78 is 5.08. The number of hydrogen-bond donors (Lipinski definition) is 1. The SMILES string of the molecule is COC1C=C(C)C(C)=CN1. The van der Waals surface area contributed by atoms with Crippen LogP contribution in [-0.2, 0) is 4.74 Å². The molecule has 10 heavy (non-hydrogen) atoms. The highest BCUT2D eigenvalue weighted by Gasteiger charge is 2.06. The molecule has 0 radical (unpaired) electrons. The van der Waals surface area contributed by atoms with Crippen LogP contribution in [0.4, 0.5) is 0 Å². The summed E-state index contributed by atoms with van der Waals surface area (Å²) in [6, 6.07) is 0. The van der Waals surface area contributed by atoms with E-state index in [2.05, 4.69) is 25.2 Å². The fraction of sp³-hybridized carbons (Fsp3) is 0.500. The van der Waals surface area contributed by atoms with E-state index in [0.29, 0.717) is 0 Å². The zero-order valence-electron chi connectivity index (χ0n) is 6.64. The first kappa shape index (κ1) is 7.35. The van der Waals surface area contributed by atoms with Crippen molar-refractivity contribution in [2.24, 2.45) is 0 Å². The molecule has 0 aliphatic carbocycles. The summed E-state index contributed by atoms with van der Waals surface area (Å²) in [6.07, 6.45) is 4.10. The maximum atomic E-state index is 5.08. The van der Waals surface area contributed by atoms with Crippen molar-refractivity contribution in [2.45, 2.75) is 20.1 Å². The highest BCUT2D eigenvalue weighted by atomic mass is 16.5. The Kier molecular flexibility index (Phi) is 2.12. The van der Waals surface area contributed by atoms with Crippen LogP contribution in [0.3, 0.4) is 0 Å². The van der Waals surface area contributed by atoms with Crippen LogP contribution in [0.5, 0.6) is 0 Å². The number of nitrogens with one attached hydrogen (secondary N) is 1. The van der Waals surface area contributed by atoms with Crippen LogP contribution in [0.15, 0.2) is 23.4 Å². The van der Waals surface area contributed by atoms with Gasteiger partial charge in [0.05, 0.1) is 0 Å². The second-order valence-corrected chi connectivity index (χ2v) is 2.50. The summed E-state index contributed by atoms with van der Waals surface area (Å²) >= 11 is 0. The molecule has 1 N–H and O–H groups in total. The summed E-state index contributed by atoms with van der Waals surface area (Å²) in [5.74, 6) is 0. The van der Waals surface area contributed by atoms with Gasteiger partial charge in [-0.1, -0.05) is 0 Å². The average molecular weight is 139 g/mol. The van der Waals surface area contributed by atoms with Crippen molar-refractivity contribution in [2.75, 3.05) is 7.11 Å². The lowest BCUT2D eigenvalue weighted by atomic mass is 10.1. The number of methoxy groups -OCH3 is 1. The van der Waals surface area contributed by atoms with Crippen molar-refractivity contribution < 1.29 is 4.74 Å². The maximum absolute atomic E-state index is 5.08. The van der Waals surface area contributed by atoms with Gasteiger partial charge in [0.2, 0.25) is 0 Å². The average Bonchev–Trinajstić information content (AvgIpc) is 1.95. The van der Waals surface area contributed by atoms with Gasteiger partial charge < -0.3 is 10.1 Å². The largest absolute Gasteiger partial charge is 0.363 e. The lowest BCUT2D eigenvalue weighted by Crippen LogP contribution is -2.27. The summed E-state index contributed by atoms with van der Waals surface area (Å²) in [6.45, 7) is 4.16. The summed E-state index contributed by atoms with van der Waals surface area (Å²) in [4.78, 5) is 0. The van der Waals surface area contributed by atoms with Crippen molar-refractivity contribution in [3.8, 4) is 0 Å². The quantitative estimate of drug-likeness (QED) is 0.593. The van der Waals surface area contributed by atoms with Gasteiger partial charge in [0.25, 0.3) is 0 Å². The van der Waals surface area contributed by atoms with Gasteiger partial charge in [-0.25, -0.2) is 0 Å². The van der Waals surface area contributed by atoms with Crippen molar-refractivity contribution >= 4 is 0 Å². The molecule has 0 fully saturated rings. The highest BCUT2D eigenvalue weighted by Crippen LogP contribution is 2.12. The minimum atomic E-state index is 0.0590. The van der Waals surface area contributed by atoms with Crippen LogP contribution in [0, 0.1) is 0 Å². The van der Waals surface area contributed by atoms with E-state index in [1.807, 2.05) is 6.20 Å². The Morgan fingerprint density at radius 2 is 2.10 bits per heavy atom. The lowest BCUT2D eigenvalue weighted by Gasteiger charge is -2.18. The Morgan fingerprint density at radius 3 is 2.60 bits per heavy atom. The number of allylic oxidation sites excluding steroid dienone is 2. The van der Waals surface area contributed by atoms with Gasteiger partial charge in [0.1, 0.15) is 6.23 Å². The Labute approximate surface area is 61.6 Å². The van der Waals surface area contributed by atoms with E-state index in [1.54, 1.807) is 7.11 Å². The minimum Gasteiger partial charge on any atom is -0.363 e.